The molecule has 2 aromatic carbocycles. The SMILES string of the molecule is O=C(COc1ccc(Br)cc1)NNC1CC(=O)N(c2ccccc2)C1=O. The van der Waals surface area contributed by atoms with E-state index < -0.39 is 17.9 Å². The van der Waals surface area contributed by atoms with Gasteiger partial charge in [0, 0.05) is 4.47 Å². The van der Waals surface area contributed by atoms with Crippen LogP contribution >= 0.6 is 15.9 Å². The van der Waals surface area contributed by atoms with Gasteiger partial charge in [-0.05, 0) is 36.4 Å². The Labute approximate surface area is 158 Å². The van der Waals surface area contributed by atoms with Crippen molar-refractivity contribution in [3.63, 3.8) is 0 Å². The van der Waals surface area contributed by atoms with Gasteiger partial charge in [0.2, 0.25) is 5.91 Å². The van der Waals surface area contributed by atoms with Crippen LogP contribution in [0.4, 0.5) is 5.69 Å². The number of carbonyl (C=O) groups excluding carboxylic acids is 3. The Balaban J connectivity index is 1.50. The van der Waals surface area contributed by atoms with Crippen molar-refractivity contribution in [2.75, 3.05) is 11.5 Å². The van der Waals surface area contributed by atoms with E-state index in [1.807, 2.05) is 0 Å². The van der Waals surface area contributed by atoms with Gasteiger partial charge >= 0.3 is 0 Å². The van der Waals surface area contributed by atoms with E-state index in [9.17, 15) is 14.4 Å². The Morgan fingerprint density at radius 3 is 2.50 bits per heavy atom. The van der Waals surface area contributed by atoms with Crippen molar-refractivity contribution in [3.8, 4) is 5.75 Å². The smallest absolute Gasteiger partial charge is 0.272 e. The second-order valence-electron chi connectivity index (χ2n) is 5.59. The molecule has 0 spiro atoms. The molecule has 1 fully saturated rings. The van der Waals surface area contributed by atoms with Crippen molar-refractivity contribution in [2.45, 2.75) is 12.5 Å². The Hall–Kier alpha value is -2.71. The topological polar surface area (TPSA) is 87.7 Å². The van der Waals surface area contributed by atoms with Gasteiger partial charge in [0.15, 0.2) is 6.61 Å². The van der Waals surface area contributed by atoms with Crippen molar-refractivity contribution >= 4 is 39.3 Å². The summed E-state index contributed by atoms with van der Waals surface area (Å²) >= 11 is 3.31. The number of imide groups is 1. The molecule has 2 aromatic rings. The molecule has 134 valence electrons. The predicted octanol–water partition coefficient (Wildman–Crippen LogP) is 1.78. The van der Waals surface area contributed by atoms with Crippen LogP contribution in [-0.2, 0) is 14.4 Å². The highest BCUT2D eigenvalue weighted by Crippen LogP contribution is 2.22. The largest absolute Gasteiger partial charge is 0.484 e. The molecular weight excluding hydrogens is 402 g/mol. The molecule has 8 heteroatoms. The standard InChI is InChI=1S/C18H16BrN3O4/c19-12-6-8-14(9-7-12)26-11-16(23)21-20-15-10-17(24)22(18(15)25)13-4-2-1-3-5-13/h1-9,15,20H,10-11H2,(H,21,23). The number of ether oxygens (including phenoxy) is 1. The summed E-state index contributed by atoms with van der Waals surface area (Å²) in [6.07, 6.45) is -0.0262. The maximum Gasteiger partial charge on any atom is 0.272 e. The molecule has 1 atom stereocenters. The average molecular weight is 418 g/mol. The molecule has 0 aromatic heterocycles. The summed E-state index contributed by atoms with van der Waals surface area (Å²) < 4.78 is 6.25. The maximum absolute atomic E-state index is 12.4. The Kier molecular flexibility index (Phi) is 5.65. The van der Waals surface area contributed by atoms with Crippen LogP contribution in [0.2, 0.25) is 0 Å². The number of hydrogen-bond acceptors (Lipinski definition) is 5. The first-order valence-electron chi connectivity index (χ1n) is 7.89. The molecular formula is C18H16BrN3O4. The van der Waals surface area contributed by atoms with Gasteiger partial charge in [0.05, 0.1) is 12.1 Å². The van der Waals surface area contributed by atoms with Gasteiger partial charge in [0.25, 0.3) is 11.8 Å². The summed E-state index contributed by atoms with van der Waals surface area (Å²) in [4.78, 5) is 37.5. The minimum absolute atomic E-state index is 0.0262. The van der Waals surface area contributed by atoms with Crippen LogP contribution in [-0.4, -0.2) is 30.4 Å². The molecule has 1 unspecified atom stereocenters. The van der Waals surface area contributed by atoms with Gasteiger partial charge in [-0.1, -0.05) is 34.1 Å². The highest BCUT2D eigenvalue weighted by molar-refractivity contribution is 9.10. The van der Waals surface area contributed by atoms with Gasteiger partial charge in [-0.2, -0.15) is 0 Å². The predicted molar refractivity (Wildman–Crippen MR) is 98.3 cm³/mol. The number of benzene rings is 2. The fourth-order valence-corrected chi connectivity index (χ4v) is 2.74. The van der Waals surface area contributed by atoms with Crippen LogP contribution in [0, 0.1) is 0 Å². The molecule has 0 aliphatic carbocycles. The molecule has 7 nitrogen and oxygen atoms in total. The monoisotopic (exact) mass is 417 g/mol. The number of nitrogens with zero attached hydrogens (tertiary/aromatic N) is 1. The lowest BCUT2D eigenvalue weighted by Gasteiger charge is -2.15. The third-order valence-electron chi connectivity index (χ3n) is 3.73. The Morgan fingerprint density at radius 1 is 1.12 bits per heavy atom. The van der Waals surface area contributed by atoms with Crippen molar-refractivity contribution in [2.24, 2.45) is 0 Å². The van der Waals surface area contributed by atoms with E-state index in [4.69, 9.17) is 4.74 Å². The molecule has 26 heavy (non-hydrogen) atoms. The lowest BCUT2D eigenvalue weighted by atomic mass is 10.2. The summed E-state index contributed by atoms with van der Waals surface area (Å²) in [7, 11) is 0. The number of nitrogens with one attached hydrogen (secondary N) is 2. The highest BCUT2D eigenvalue weighted by Gasteiger charge is 2.39. The zero-order valence-corrected chi connectivity index (χ0v) is 15.2. The van der Waals surface area contributed by atoms with Gasteiger partial charge < -0.3 is 4.74 Å². The number of rotatable bonds is 6. The van der Waals surface area contributed by atoms with E-state index in [1.165, 1.54) is 0 Å². The maximum atomic E-state index is 12.4. The second-order valence-corrected chi connectivity index (χ2v) is 6.51. The fraction of sp³-hybridized carbons (Fsp3) is 0.167. The molecule has 1 saturated heterocycles. The van der Waals surface area contributed by atoms with E-state index in [1.54, 1.807) is 54.6 Å². The number of hydrogen-bond donors (Lipinski definition) is 2. The van der Waals surface area contributed by atoms with Crippen molar-refractivity contribution in [1.29, 1.82) is 0 Å². The van der Waals surface area contributed by atoms with E-state index in [0.29, 0.717) is 11.4 Å². The first-order valence-corrected chi connectivity index (χ1v) is 8.68. The normalized spacial score (nSPS) is 16.7. The molecule has 0 radical (unpaired) electrons. The number of anilines is 1. The summed E-state index contributed by atoms with van der Waals surface area (Å²) in [6.45, 7) is -0.216. The summed E-state index contributed by atoms with van der Waals surface area (Å²) in [5, 5.41) is 0. The third kappa shape index (κ3) is 4.27. The Morgan fingerprint density at radius 2 is 1.81 bits per heavy atom. The molecule has 1 heterocycles. The first-order chi connectivity index (χ1) is 12.5. The number of carbonyl (C=O) groups is 3. The van der Waals surface area contributed by atoms with E-state index in [2.05, 4.69) is 26.8 Å². The summed E-state index contributed by atoms with van der Waals surface area (Å²) in [5.74, 6) is -0.633. The molecule has 1 aliphatic heterocycles. The van der Waals surface area contributed by atoms with Crippen molar-refractivity contribution in [1.82, 2.24) is 10.9 Å². The summed E-state index contributed by atoms with van der Waals surface area (Å²) in [5.41, 5.74) is 5.52. The second kappa shape index (κ2) is 8.11. The molecule has 3 rings (SSSR count). The van der Waals surface area contributed by atoms with Crippen LogP contribution < -0.4 is 20.5 Å². The number of amides is 3. The molecule has 2 N–H and O–H groups in total. The van der Waals surface area contributed by atoms with Crippen LogP contribution in [0.25, 0.3) is 0 Å². The van der Waals surface area contributed by atoms with E-state index in [-0.39, 0.29) is 18.9 Å². The zero-order valence-electron chi connectivity index (χ0n) is 13.6. The van der Waals surface area contributed by atoms with Gasteiger partial charge in [-0.3, -0.25) is 19.8 Å². The van der Waals surface area contributed by atoms with Gasteiger partial charge in [-0.15, -0.1) is 0 Å². The summed E-state index contributed by atoms with van der Waals surface area (Å²) in [6, 6.07) is 14.9. The number of para-hydroxylation sites is 1. The molecule has 0 bridgehead atoms. The van der Waals surface area contributed by atoms with E-state index >= 15 is 0 Å². The van der Waals surface area contributed by atoms with Crippen LogP contribution in [0.1, 0.15) is 6.42 Å². The average Bonchev–Trinajstić information content (AvgIpc) is 2.93. The first kappa shape index (κ1) is 18.1. The van der Waals surface area contributed by atoms with Crippen molar-refractivity contribution < 1.29 is 19.1 Å². The van der Waals surface area contributed by atoms with Crippen LogP contribution in [0.5, 0.6) is 5.75 Å². The van der Waals surface area contributed by atoms with Gasteiger partial charge in [-0.25, -0.2) is 10.3 Å². The number of halogens is 1. The fourth-order valence-electron chi connectivity index (χ4n) is 2.48. The zero-order chi connectivity index (χ0) is 18.5. The lowest BCUT2D eigenvalue weighted by molar-refractivity contribution is -0.125. The van der Waals surface area contributed by atoms with E-state index in [0.717, 1.165) is 9.37 Å². The number of hydrazine groups is 1. The minimum atomic E-state index is -0.806. The third-order valence-corrected chi connectivity index (χ3v) is 4.26. The quantitative estimate of drug-likeness (QED) is 0.552. The lowest BCUT2D eigenvalue weighted by Crippen LogP contribution is -2.49. The Bertz CT molecular complexity index is 811. The molecule has 0 saturated carbocycles. The van der Waals surface area contributed by atoms with Gasteiger partial charge in [0.1, 0.15) is 11.8 Å². The van der Waals surface area contributed by atoms with Crippen molar-refractivity contribution in [3.05, 3.63) is 59.1 Å². The molecule has 3 amide bonds. The minimum Gasteiger partial charge on any atom is -0.484 e. The van der Waals surface area contributed by atoms with Crippen LogP contribution in [0.15, 0.2) is 59.1 Å². The van der Waals surface area contributed by atoms with Crippen LogP contribution in [0.3, 0.4) is 0 Å². The highest BCUT2D eigenvalue weighted by atomic mass is 79.9. The molecule has 1 aliphatic rings.